The van der Waals surface area contributed by atoms with Crippen LogP contribution in [0.3, 0.4) is 0 Å². The summed E-state index contributed by atoms with van der Waals surface area (Å²) in [6.07, 6.45) is 4.97. The van der Waals surface area contributed by atoms with Crippen LogP contribution in [0.15, 0.2) is 18.2 Å². The molecule has 126 valence electrons. The minimum atomic E-state index is -0.789. The molecule has 3 nitrogen and oxygen atoms in total. The van der Waals surface area contributed by atoms with E-state index in [1.807, 2.05) is 0 Å². The summed E-state index contributed by atoms with van der Waals surface area (Å²) < 4.78 is 38.5. The standard InChI is InChI=1S/C18H23F2NO2/c19-14-4-3-13(9-15(14)20)10-21-7-8-22-18-16(21)5-6-17(18)23-11-12-1-2-12/h3-4,9,12,16-18H,1-2,5-8,10-11H2/t16-,17-,18+/m0/s1. The number of hydrogen-bond donors (Lipinski definition) is 0. The van der Waals surface area contributed by atoms with Crippen LogP contribution in [0.1, 0.15) is 31.2 Å². The first kappa shape index (κ1) is 15.5. The van der Waals surface area contributed by atoms with E-state index in [1.165, 1.54) is 25.0 Å². The zero-order chi connectivity index (χ0) is 15.8. The Kier molecular flexibility index (Phi) is 4.35. The van der Waals surface area contributed by atoms with Gasteiger partial charge >= 0.3 is 0 Å². The Bertz CT molecular complexity index is 564. The van der Waals surface area contributed by atoms with Gasteiger partial charge in [0.15, 0.2) is 11.6 Å². The van der Waals surface area contributed by atoms with E-state index in [1.54, 1.807) is 6.07 Å². The molecular weight excluding hydrogens is 300 g/mol. The molecule has 1 aromatic carbocycles. The van der Waals surface area contributed by atoms with E-state index in [2.05, 4.69) is 4.90 Å². The molecule has 0 amide bonds. The van der Waals surface area contributed by atoms with Gasteiger partial charge < -0.3 is 9.47 Å². The number of nitrogens with zero attached hydrogens (tertiary/aromatic N) is 1. The van der Waals surface area contributed by atoms with Crippen molar-refractivity contribution in [3.63, 3.8) is 0 Å². The van der Waals surface area contributed by atoms with E-state index in [0.29, 0.717) is 19.2 Å². The van der Waals surface area contributed by atoms with E-state index in [9.17, 15) is 8.78 Å². The highest BCUT2D eigenvalue weighted by atomic mass is 19.2. The highest BCUT2D eigenvalue weighted by molar-refractivity contribution is 5.18. The lowest BCUT2D eigenvalue weighted by Crippen LogP contribution is -2.51. The first-order chi connectivity index (χ1) is 11.2. The van der Waals surface area contributed by atoms with Crippen LogP contribution in [0.4, 0.5) is 8.78 Å². The lowest BCUT2D eigenvalue weighted by molar-refractivity contribution is -0.116. The van der Waals surface area contributed by atoms with Crippen molar-refractivity contribution in [2.75, 3.05) is 19.8 Å². The van der Waals surface area contributed by atoms with Gasteiger partial charge in [-0.1, -0.05) is 6.07 Å². The third-order valence-corrected chi connectivity index (χ3v) is 5.26. The Balaban J connectivity index is 1.40. The molecule has 0 radical (unpaired) electrons. The largest absolute Gasteiger partial charge is 0.375 e. The maximum absolute atomic E-state index is 13.4. The predicted octanol–water partition coefficient (Wildman–Crippen LogP) is 3.12. The molecule has 0 aromatic heterocycles. The van der Waals surface area contributed by atoms with Gasteiger partial charge in [0.1, 0.15) is 0 Å². The van der Waals surface area contributed by atoms with Crippen LogP contribution in [0.25, 0.3) is 0 Å². The van der Waals surface area contributed by atoms with Gasteiger partial charge in [-0.25, -0.2) is 8.78 Å². The van der Waals surface area contributed by atoms with Crippen LogP contribution < -0.4 is 0 Å². The van der Waals surface area contributed by atoms with E-state index in [0.717, 1.165) is 37.5 Å². The fourth-order valence-electron chi connectivity index (χ4n) is 3.78. The molecule has 3 fully saturated rings. The summed E-state index contributed by atoms with van der Waals surface area (Å²) in [4.78, 5) is 2.33. The van der Waals surface area contributed by atoms with Crippen LogP contribution in [0.5, 0.6) is 0 Å². The maximum Gasteiger partial charge on any atom is 0.159 e. The molecule has 1 aliphatic heterocycles. The molecule has 2 saturated carbocycles. The topological polar surface area (TPSA) is 21.7 Å². The molecule has 23 heavy (non-hydrogen) atoms. The molecule has 0 spiro atoms. The zero-order valence-electron chi connectivity index (χ0n) is 13.2. The molecule has 1 saturated heterocycles. The molecular formula is C18H23F2NO2. The van der Waals surface area contributed by atoms with E-state index in [4.69, 9.17) is 9.47 Å². The Labute approximate surface area is 135 Å². The van der Waals surface area contributed by atoms with Crippen LogP contribution in [0, 0.1) is 17.6 Å². The van der Waals surface area contributed by atoms with Gasteiger partial charge in [0.05, 0.1) is 18.8 Å². The highest BCUT2D eigenvalue weighted by Crippen LogP contribution is 2.35. The zero-order valence-corrected chi connectivity index (χ0v) is 13.2. The third-order valence-electron chi connectivity index (χ3n) is 5.26. The van der Waals surface area contributed by atoms with E-state index < -0.39 is 11.6 Å². The fraction of sp³-hybridized carbons (Fsp3) is 0.667. The summed E-state index contributed by atoms with van der Waals surface area (Å²) in [5.41, 5.74) is 0.812. The molecule has 5 heteroatoms. The number of ether oxygens (including phenoxy) is 2. The Hall–Kier alpha value is -1.04. The van der Waals surface area contributed by atoms with Crippen molar-refractivity contribution in [3.8, 4) is 0 Å². The number of benzene rings is 1. The minimum Gasteiger partial charge on any atom is -0.375 e. The first-order valence-corrected chi connectivity index (χ1v) is 8.62. The summed E-state index contributed by atoms with van der Waals surface area (Å²) in [7, 11) is 0. The van der Waals surface area contributed by atoms with Gasteiger partial charge in [-0.15, -0.1) is 0 Å². The van der Waals surface area contributed by atoms with Crippen molar-refractivity contribution in [2.24, 2.45) is 5.92 Å². The quantitative estimate of drug-likeness (QED) is 0.831. The summed E-state index contributed by atoms with van der Waals surface area (Å²) in [6, 6.07) is 4.49. The molecule has 4 rings (SSSR count). The number of fused-ring (bicyclic) bond motifs is 1. The Morgan fingerprint density at radius 1 is 1.13 bits per heavy atom. The van der Waals surface area contributed by atoms with Crippen LogP contribution in [0.2, 0.25) is 0 Å². The Morgan fingerprint density at radius 2 is 2.00 bits per heavy atom. The minimum absolute atomic E-state index is 0.118. The first-order valence-electron chi connectivity index (χ1n) is 8.62. The fourth-order valence-corrected chi connectivity index (χ4v) is 3.78. The van der Waals surface area contributed by atoms with Crippen molar-refractivity contribution >= 4 is 0 Å². The SMILES string of the molecule is Fc1ccc(CN2CCO[C@H]3[C@@H](OCC4CC4)CC[C@@H]32)cc1F. The highest BCUT2D eigenvalue weighted by Gasteiger charge is 2.43. The van der Waals surface area contributed by atoms with Crippen molar-refractivity contribution in [1.29, 1.82) is 0 Å². The second-order valence-electron chi connectivity index (χ2n) is 7.01. The molecule has 0 unspecified atom stereocenters. The van der Waals surface area contributed by atoms with Crippen molar-refractivity contribution in [3.05, 3.63) is 35.4 Å². The van der Waals surface area contributed by atoms with Crippen molar-refractivity contribution in [1.82, 2.24) is 4.90 Å². The molecule has 2 aliphatic carbocycles. The molecule has 3 atom stereocenters. The second-order valence-corrected chi connectivity index (χ2v) is 7.01. The van der Waals surface area contributed by atoms with Crippen molar-refractivity contribution in [2.45, 2.75) is 50.5 Å². The lowest BCUT2D eigenvalue weighted by atomic mass is 10.1. The van der Waals surface area contributed by atoms with Crippen LogP contribution in [-0.4, -0.2) is 42.9 Å². The second kappa shape index (κ2) is 6.46. The van der Waals surface area contributed by atoms with E-state index in [-0.39, 0.29) is 12.2 Å². The summed E-state index contributed by atoms with van der Waals surface area (Å²) in [6.45, 7) is 3.00. The van der Waals surface area contributed by atoms with Crippen LogP contribution >= 0.6 is 0 Å². The van der Waals surface area contributed by atoms with Gasteiger partial charge in [0, 0.05) is 25.7 Å². The molecule has 0 bridgehead atoms. The monoisotopic (exact) mass is 323 g/mol. The summed E-state index contributed by atoms with van der Waals surface area (Å²) in [5.74, 6) is -0.802. The predicted molar refractivity (Wildman–Crippen MR) is 82.0 cm³/mol. The normalized spacial score (nSPS) is 31.3. The Morgan fingerprint density at radius 3 is 2.78 bits per heavy atom. The average molecular weight is 323 g/mol. The van der Waals surface area contributed by atoms with Crippen LogP contribution in [-0.2, 0) is 16.0 Å². The number of hydrogen-bond acceptors (Lipinski definition) is 3. The number of halogens is 2. The summed E-state index contributed by atoms with van der Waals surface area (Å²) >= 11 is 0. The molecule has 1 aromatic rings. The van der Waals surface area contributed by atoms with E-state index >= 15 is 0 Å². The van der Waals surface area contributed by atoms with Gasteiger partial charge in [0.25, 0.3) is 0 Å². The molecule has 0 N–H and O–H groups in total. The smallest absolute Gasteiger partial charge is 0.159 e. The lowest BCUT2D eigenvalue weighted by Gasteiger charge is -2.39. The number of morpholine rings is 1. The molecule has 3 aliphatic rings. The van der Waals surface area contributed by atoms with Gasteiger partial charge in [0.2, 0.25) is 0 Å². The third kappa shape index (κ3) is 3.42. The number of rotatable bonds is 5. The summed E-state index contributed by atoms with van der Waals surface area (Å²) in [5, 5.41) is 0. The average Bonchev–Trinajstić information content (AvgIpc) is 3.28. The van der Waals surface area contributed by atoms with Gasteiger partial charge in [-0.2, -0.15) is 0 Å². The van der Waals surface area contributed by atoms with Crippen molar-refractivity contribution < 1.29 is 18.3 Å². The van der Waals surface area contributed by atoms with Gasteiger partial charge in [-0.05, 0) is 49.3 Å². The molecule has 1 heterocycles. The van der Waals surface area contributed by atoms with Gasteiger partial charge in [-0.3, -0.25) is 4.90 Å². The maximum atomic E-state index is 13.4.